The number of hydrogen-bond donors (Lipinski definition) is 1. The predicted octanol–water partition coefficient (Wildman–Crippen LogP) is 3.89. The second-order valence-electron chi connectivity index (χ2n) is 7.39. The lowest BCUT2D eigenvalue weighted by molar-refractivity contribution is 0.0781. The summed E-state index contributed by atoms with van der Waals surface area (Å²) in [6.45, 7) is 4.66. The van der Waals surface area contributed by atoms with Gasteiger partial charge in [-0.3, -0.25) is 9.59 Å². The van der Waals surface area contributed by atoms with Gasteiger partial charge in [0.05, 0.1) is 36.2 Å². The average Bonchev–Trinajstić information content (AvgIpc) is 2.71. The van der Waals surface area contributed by atoms with Gasteiger partial charge in [-0.25, -0.2) is 4.98 Å². The highest BCUT2D eigenvalue weighted by molar-refractivity contribution is 6.32. The predicted molar refractivity (Wildman–Crippen MR) is 116 cm³/mol. The molecule has 2 aromatic carbocycles. The van der Waals surface area contributed by atoms with Crippen LogP contribution in [0.2, 0.25) is 5.02 Å². The van der Waals surface area contributed by atoms with E-state index in [1.807, 2.05) is 19.9 Å². The molecule has 0 spiro atoms. The molecule has 0 radical (unpaired) electrons. The maximum absolute atomic E-state index is 12.9. The highest BCUT2D eigenvalue weighted by Crippen LogP contribution is 2.37. The Kier molecular flexibility index (Phi) is 6.62. The smallest absolute Gasteiger partial charge is 0.258 e. The van der Waals surface area contributed by atoms with Gasteiger partial charge >= 0.3 is 0 Å². The summed E-state index contributed by atoms with van der Waals surface area (Å²) < 4.78 is 11.1. The highest BCUT2D eigenvalue weighted by Gasteiger charge is 2.19. The number of fused-ring (bicyclic) bond motifs is 1. The van der Waals surface area contributed by atoms with Crippen molar-refractivity contribution in [2.75, 3.05) is 20.8 Å². The topological polar surface area (TPSA) is 84.5 Å². The van der Waals surface area contributed by atoms with Gasteiger partial charge in [0.15, 0.2) is 11.5 Å². The normalized spacial score (nSPS) is 11.0. The van der Waals surface area contributed by atoms with Crippen molar-refractivity contribution in [3.63, 3.8) is 0 Å². The maximum Gasteiger partial charge on any atom is 0.258 e. The van der Waals surface area contributed by atoms with Crippen LogP contribution in [0.5, 0.6) is 11.5 Å². The van der Waals surface area contributed by atoms with Crippen LogP contribution in [0.4, 0.5) is 0 Å². The lowest BCUT2D eigenvalue weighted by atomic mass is 10.1. The van der Waals surface area contributed by atoms with Gasteiger partial charge in [0.1, 0.15) is 5.82 Å². The number of methoxy groups -OCH3 is 1. The van der Waals surface area contributed by atoms with Gasteiger partial charge in [-0.1, -0.05) is 37.6 Å². The molecule has 0 fully saturated rings. The molecule has 0 atom stereocenters. The van der Waals surface area contributed by atoms with Gasteiger partial charge in [-0.15, -0.1) is 0 Å². The largest absolute Gasteiger partial charge is 0.493 e. The molecule has 158 valence electrons. The monoisotopic (exact) mass is 429 g/mol. The van der Waals surface area contributed by atoms with Crippen molar-refractivity contribution in [2.45, 2.75) is 20.4 Å². The van der Waals surface area contributed by atoms with E-state index >= 15 is 0 Å². The fourth-order valence-corrected chi connectivity index (χ4v) is 3.23. The fourth-order valence-electron chi connectivity index (χ4n) is 2.96. The van der Waals surface area contributed by atoms with Crippen LogP contribution in [0.1, 0.15) is 30.0 Å². The molecule has 8 heteroatoms. The van der Waals surface area contributed by atoms with E-state index in [2.05, 4.69) is 9.97 Å². The molecule has 0 bridgehead atoms. The first-order chi connectivity index (χ1) is 14.3. The zero-order chi connectivity index (χ0) is 21.8. The number of H-pyrrole nitrogens is 1. The van der Waals surface area contributed by atoms with Gasteiger partial charge in [0.25, 0.3) is 11.5 Å². The highest BCUT2D eigenvalue weighted by atomic mass is 35.5. The van der Waals surface area contributed by atoms with Crippen molar-refractivity contribution in [3.05, 3.63) is 63.2 Å². The molecule has 0 saturated heterocycles. The molecule has 1 N–H and O–H groups in total. The summed E-state index contributed by atoms with van der Waals surface area (Å²) in [7, 11) is 3.12. The number of aromatic amines is 1. The Morgan fingerprint density at radius 3 is 2.70 bits per heavy atom. The molecule has 1 heterocycles. The summed E-state index contributed by atoms with van der Waals surface area (Å²) in [5, 5.41) is 0.799. The van der Waals surface area contributed by atoms with Crippen LogP contribution in [0.15, 0.2) is 41.2 Å². The minimum absolute atomic E-state index is 0.129. The third-order valence-corrected chi connectivity index (χ3v) is 4.71. The van der Waals surface area contributed by atoms with Crippen LogP contribution < -0.4 is 15.0 Å². The van der Waals surface area contributed by atoms with Crippen LogP contribution in [-0.2, 0) is 6.54 Å². The Hall–Kier alpha value is -3.06. The first kappa shape index (κ1) is 21.6. The van der Waals surface area contributed by atoms with Crippen LogP contribution in [0, 0.1) is 5.92 Å². The lowest BCUT2D eigenvalue weighted by Crippen LogP contribution is -2.28. The minimum Gasteiger partial charge on any atom is -0.493 e. The summed E-state index contributed by atoms with van der Waals surface area (Å²) in [6, 6.07) is 10.2. The number of aromatic nitrogens is 2. The summed E-state index contributed by atoms with van der Waals surface area (Å²) in [4.78, 5) is 33.8. The van der Waals surface area contributed by atoms with E-state index in [-0.39, 0.29) is 18.0 Å². The molecule has 3 aromatic rings. The molecule has 3 rings (SSSR count). The molecule has 1 amide bonds. The Morgan fingerprint density at radius 2 is 2.00 bits per heavy atom. The van der Waals surface area contributed by atoms with E-state index in [0.717, 1.165) is 0 Å². The van der Waals surface area contributed by atoms with E-state index < -0.39 is 0 Å². The molecule has 7 nitrogen and oxygen atoms in total. The SMILES string of the molecule is COc1cc(C(=O)N(C)Cc2nc3ccccc3c(=O)[nH]2)cc(Cl)c1OCC(C)C. The number of nitrogens with one attached hydrogen (secondary N) is 1. The Bertz CT molecular complexity index is 1130. The standard InChI is InChI=1S/C22H24ClN3O4/c1-13(2)12-30-20-16(23)9-14(10-18(20)29-4)22(28)26(3)11-19-24-17-8-6-5-7-15(17)21(27)25-19/h5-10,13H,11-12H2,1-4H3,(H,24,25,27). The van der Waals surface area contributed by atoms with Crippen molar-refractivity contribution in [1.82, 2.24) is 14.9 Å². The first-order valence-electron chi connectivity index (χ1n) is 9.54. The van der Waals surface area contributed by atoms with Crippen molar-refractivity contribution < 1.29 is 14.3 Å². The summed E-state index contributed by atoms with van der Waals surface area (Å²) in [6.07, 6.45) is 0. The minimum atomic E-state index is -0.290. The third kappa shape index (κ3) is 4.74. The molecule has 1 aromatic heterocycles. The maximum atomic E-state index is 12.9. The number of hydrogen-bond acceptors (Lipinski definition) is 5. The number of halogens is 1. The van der Waals surface area contributed by atoms with Gasteiger partial charge < -0.3 is 19.4 Å². The molecule has 0 aliphatic carbocycles. The van der Waals surface area contributed by atoms with Crippen LogP contribution >= 0.6 is 11.6 Å². The van der Waals surface area contributed by atoms with E-state index in [1.165, 1.54) is 12.0 Å². The van der Waals surface area contributed by atoms with Crippen molar-refractivity contribution in [3.8, 4) is 11.5 Å². The average molecular weight is 430 g/mol. The van der Waals surface area contributed by atoms with E-state index in [9.17, 15) is 9.59 Å². The first-order valence-corrected chi connectivity index (χ1v) is 9.91. The zero-order valence-corrected chi connectivity index (χ0v) is 18.1. The fraction of sp³-hybridized carbons (Fsp3) is 0.318. The lowest BCUT2D eigenvalue weighted by Gasteiger charge is -2.19. The number of carbonyl (C=O) groups excluding carboxylic acids is 1. The zero-order valence-electron chi connectivity index (χ0n) is 17.4. The van der Waals surface area contributed by atoms with E-state index in [4.69, 9.17) is 21.1 Å². The number of ether oxygens (including phenoxy) is 2. The summed E-state index contributed by atoms with van der Waals surface area (Å²) in [5.41, 5.74) is 0.681. The molecule has 0 aliphatic rings. The van der Waals surface area contributed by atoms with Gasteiger partial charge in [-0.05, 0) is 30.2 Å². The second kappa shape index (κ2) is 9.17. The quantitative estimate of drug-likeness (QED) is 0.615. The third-order valence-electron chi connectivity index (χ3n) is 4.43. The Balaban J connectivity index is 1.84. The number of amides is 1. The number of rotatable bonds is 7. The number of carbonyl (C=O) groups is 1. The van der Waals surface area contributed by atoms with E-state index in [1.54, 1.807) is 37.4 Å². The van der Waals surface area contributed by atoms with Crippen LogP contribution in [0.3, 0.4) is 0 Å². The van der Waals surface area contributed by atoms with Crippen molar-refractivity contribution in [2.24, 2.45) is 5.92 Å². The molecule has 0 saturated carbocycles. The van der Waals surface area contributed by atoms with Crippen LogP contribution in [0.25, 0.3) is 10.9 Å². The molecular formula is C22H24ClN3O4. The number of para-hydroxylation sites is 1. The van der Waals surface area contributed by atoms with Gasteiger partial charge in [-0.2, -0.15) is 0 Å². The summed E-state index contributed by atoms with van der Waals surface area (Å²) >= 11 is 6.36. The number of nitrogens with zero attached hydrogens (tertiary/aromatic N) is 2. The van der Waals surface area contributed by atoms with E-state index in [0.29, 0.717) is 51.3 Å². The second-order valence-corrected chi connectivity index (χ2v) is 7.79. The molecule has 30 heavy (non-hydrogen) atoms. The van der Waals surface area contributed by atoms with Crippen molar-refractivity contribution >= 4 is 28.4 Å². The van der Waals surface area contributed by atoms with Gasteiger partial charge in [0.2, 0.25) is 0 Å². The Labute approximate surface area is 179 Å². The van der Waals surface area contributed by atoms with Gasteiger partial charge in [0, 0.05) is 12.6 Å². The van der Waals surface area contributed by atoms with Crippen molar-refractivity contribution in [1.29, 1.82) is 0 Å². The Morgan fingerprint density at radius 1 is 1.27 bits per heavy atom. The molecule has 0 unspecified atom stereocenters. The summed E-state index contributed by atoms with van der Waals surface area (Å²) in [5.74, 6) is 1.21. The molecular weight excluding hydrogens is 406 g/mol. The number of benzene rings is 2. The molecule has 0 aliphatic heterocycles. The van der Waals surface area contributed by atoms with Crippen LogP contribution in [-0.4, -0.2) is 41.5 Å².